The highest BCUT2D eigenvalue weighted by molar-refractivity contribution is 6.30. The average molecular weight is 296 g/mol. The Morgan fingerprint density at radius 3 is 2.50 bits per heavy atom. The summed E-state index contributed by atoms with van der Waals surface area (Å²) in [6, 6.07) is 1.55. The molecule has 1 aromatic rings. The molecule has 0 fully saturated rings. The van der Waals surface area contributed by atoms with Gasteiger partial charge in [0.1, 0.15) is 11.6 Å². The first-order valence-electron chi connectivity index (χ1n) is 5.36. The van der Waals surface area contributed by atoms with Gasteiger partial charge in [-0.2, -0.15) is 0 Å². The predicted molar refractivity (Wildman–Crippen MR) is 68.3 cm³/mol. The fourth-order valence-corrected chi connectivity index (χ4v) is 1.66. The zero-order chi connectivity index (χ0) is 13.9. The Morgan fingerprint density at radius 1 is 1.39 bits per heavy atom. The highest BCUT2D eigenvalue weighted by atomic mass is 35.5. The third-order valence-corrected chi connectivity index (χ3v) is 3.62. The van der Waals surface area contributed by atoms with Gasteiger partial charge in [0.2, 0.25) is 0 Å². The number of halogens is 4. The van der Waals surface area contributed by atoms with Crippen LogP contribution in [-0.4, -0.2) is 17.3 Å². The van der Waals surface area contributed by atoms with Crippen LogP contribution in [0.25, 0.3) is 0 Å². The molecule has 0 aliphatic heterocycles. The van der Waals surface area contributed by atoms with E-state index in [1.807, 2.05) is 6.92 Å². The van der Waals surface area contributed by atoms with Crippen LogP contribution in [0.15, 0.2) is 12.1 Å². The molecule has 0 saturated carbocycles. The van der Waals surface area contributed by atoms with E-state index in [9.17, 15) is 13.6 Å². The Morgan fingerprint density at radius 2 is 2.00 bits per heavy atom. The number of rotatable bonds is 4. The Balaban J connectivity index is 3.01. The summed E-state index contributed by atoms with van der Waals surface area (Å²) in [5.41, 5.74) is -1.05. The van der Waals surface area contributed by atoms with Gasteiger partial charge in [-0.1, -0.05) is 18.5 Å². The van der Waals surface area contributed by atoms with E-state index in [1.165, 1.54) is 0 Å². The lowest BCUT2D eigenvalue weighted by Gasteiger charge is -2.27. The fourth-order valence-electron chi connectivity index (χ4n) is 1.25. The molecule has 1 unspecified atom stereocenters. The highest BCUT2D eigenvalue weighted by Crippen LogP contribution is 2.20. The van der Waals surface area contributed by atoms with Crippen LogP contribution in [-0.2, 0) is 0 Å². The largest absolute Gasteiger partial charge is 0.346 e. The molecule has 0 spiro atoms. The van der Waals surface area contributed by atoms with Gasteiger partial charge in [0.05, 0.1) is 16.1 Å². The molecule has 100 valence electrons. The van der Waals surface area contributed by atoms with Gasteiger partial charge in [-0.15, -0.1) is 11.6 Å². The van der Waals surface area contributed by atoms with E-state index >= 15 is 0 Å². The minimum atomic E-state index is -0.869. The summed E-state index contributed by atoms with van der Waals surface area (Å²) >= 11 is 11.1. The normalized spacial score (nSPS) is 14.1. The number of hydrogen-bond acceptors (Lipinski definition) is 1. The first-order valence-corrected chi connectivity index (χ1v) is 6.27. The Hall–Kier alpha value is -0.870. The maximum absolute atomic E-state index is 13.5. The number of nitrogens with one attached hydrogen (secondary N) is 1. The van der Waals surface area contributed by atoms with E-state index in [0.717, 1.165) is 12.1 Å². The van der Waals surface area contributed by atoms with Crippen molar-refractivity contribution < 1.29 is 13.6 Å². The van der Waals surface area contributed by atoms with Gasteiger partial charge in [0, 0.05) is 5.88 Å². The first kappa shape index (κ1) is 15.2. The van der Waals surface area contributed by atoms with Gasteiger partial charge in [0.15, 0.2) is 0 Å². The van der Waals surface area contributed by atoms with Gasteiger partial charge >= 0.3 is 0 Å². The molecule has 6 heteroatoms. The van der Waals surface area contributed by atoms with E-state index < -0.39 is 23.1 Å². The zero-order valence-electron chi connectivity index (χ0n) is 9.99. The summed E-state index contributed by atoms with van der Waals surface area (Å²) in [5.74, 6) is -2.25. The average Bonchev–Trinajstić information content (AvgIpc) is 2.33. The summed E-state index contributed by atoms with van der Waals surface area (Å²) in [6.07, 6.45) is 0.569. The summed E-state index contributed by atoms with van der Waals surface area (Å²) in [4.78, 5) is 11.8. The molecule has 18 heavy (non-hydrogen) atoms. The van der Waals surface area contributed by atoms with Crippen LogP contribution < -0.4 is 5.32 Å². The molecule has 0 aliphatic rings. The molecule has 1 atom stereocenters. The smallest absolute Gasteiger partial charge is 0.254 e. The van der Waals surface area contributed by atoms with E-state index in [1.54, 1.807) is 6.92 Å². The number of carbonyl (C=O) groups is 1. The molecule has 1 aromatic carbocycles. The number of amides is 1. The van der Waals surface area contributed by atoms with Crippen LogP contribution in [0.4, 0.5) is 8.78 Å². The van der Waals surface area contributed by atoms with Crippen molar-refractivity contribution in [1.29, 1.82) is 0 Å². The van der Waals surface area contributed by atoms with Crippen molar-refractivity contribution in [2.24, 2.45) is 0 Å². The van der Waals surface area contributed by atoms with Crippen molar-refractivity contribution in [3.8, 4) is 0 Å². The lowest BCUT2D eigenvalue weighted by molar-refractivity contribution is 0.0908. The van der Waals surface area contributed by atoms with Crippen LogP contribution in [0.3, 0.4) is 0 Å². The van der Waals surface area contributed by atoms with Crippen LogP contribution in [0.1, 0.15) is 30.6 Å². The molecule has 0 bridgehead atoms. The van der Waals surface area contributed by atoms with Crippen LogP contribution in [0.5, 0.6) is 0 Å². The van der Waals surface area contributed by atoms with Crippen molar-refractivity contribution >= 4 is 29.1 Å². The lowest BCUT2D eigenvalue weighted by atomic mass is 10.0. The Kier molecular flexibility index (Phi) is 4.93. The molecule has 1 rings (SSSR count). The second-order valence-electron chi connectivity index (χ2n) is 4.25. The third-order valence-electron chi connectivity index (χ3n) is 2.75. The Bertz CT molecular complexity index is 462. The maximum Gasteiger partial charge on any atom is 0.254 e. The molecule has 0 radical (unpaired) electrons. The van der Waals surface area contributed by atoms with Crippen LogP contribution in [0.2, 0.25) is 5.02 Å². The second-order valence-corrected chi connectivity index (χ2v) is 4.92. The number of benzene rings is 1. The van der Waals surface area contributed by atoms with Crippen LogP contribution in [0, 0.1) is 11.6 Å². The van der Waals surface area contributed by atoms with E-state index in [-0.39, 0.29) is 16.5 Å². The van der Waals surface area contributed by atoms with Gasteiger partial charge in [-0.05, 0) is 25.5 Å². The molecule has 1 amide bonds. The SMILES string of the molecule is CCC(C)(CCl)NC(=O)c1cc(F)c(Cl)cc1F. The summed E-state index contributed by atoms with van der Waals surface area (Å²) in [6.45, 7) is 3.56. The molecular formula is C12H13Cl2F2NO. The minimum Gasteiger partial charge on any atom is -0.346 e. The van der Waals surface area contributed by atoms with E-state index in [0.29, 0.717) is 6.42 Å². The van der Waals surface area contributed by atoms with Crippen molar-refractivity contribution in [1.82, 2.24) is 5.32 Å². The van der Waals surface area contributed by atoms with Gasteiger partial charge < -0.3 is 5.32 Å². The predicted octanol–water partition coefficient (Wildman–Crippen LogP) is 3.76. The van der Waals surface area contributed by atoms with Crippen molar-refractivity contribution in [3.63, 3.8) is 0 Å². The fraction of sp³-hybridized carbons (Fsp3) is 0.417. The molecule has 2 nitrogen and oxygen atoms in total. The summed E-state index contributed by atoms with van der Waals surface area (Å²) in [7, 11) is 0. The van der Waals surface area contributed by atoms with Crippen molar-refractivity contribution in [3.05, 3.63) is 34.4 Å². The molecule has 0 aliphatic carbocycles. The lowest BCUT2D eigenvalue weighted by Crippen LogP contribution is -2.47. The minimum absolute atomic E-state index is 0.174. The zero-order valence-corrected chi connectivity index (χ0v) is 11.5. The van der Waals surface area contributed by atoms with Crippen LogP contribution >= 0.6 is 23.2 Å². The third kappa shape index (κ3) is 3.33. The summed E-state index contributed by atoms with van der Waals surface area (Å²) < 4.78 is 26.7. The van der Waals surface area contributed by atoms with Gasteiger partial charge in [-0.25, -0.2) is 8.78 Å². The van der Waals surface area contributed by atoms with Crippen molar-refractivity contribution in [2.75, 3.05) is 5.88 Å². The molecular weight excluding hydrogens is 283 g/mol. The molecule has 0 aromatic heterocycles. The standard InChI is InChI=1S/C12H13Cl2F2NO/c1-3-12(2,6-13)17-11(18)7-4-10(16)8(14)5-9(7)15/h4-5H,3,6H2,1-2H3,(H,17,18). The monoisotopic (exact) mass is 295 g/mol. The molecule has 1 N–H and O–H groups in total. The molecule has 0 heterocycles. The maximum atomic E-state index is 13.5. The van der Waals surface area contributed by atoms with E-state index in [4.69, 9.17) is 23.2 Å². The van der Waals surface area contributed by atoms with Crippen molar-refractivity contribution in [2.45, 2.75) is 25.8 Å². The molecule has 0 saturated heterocycles. The van der Waals surface area contributed by atoms with Gasteiger partial charge in [-0.3, -0.25) is 4.79 Å². The number of carbonyl (C=O) groups excluding carboxylic acids is 1. The summed E-state index contributed by atoms with van der Waals surface area (Å²) in [5, 5.41) is 2.21. The van der Waals surface area contributed by atoms with Gasteiger partial charge in [0.25, 0.3) is 5.91 Å². The first-order chi connectivity index (χ1) is 8.33. The number of hydrogen-bond donors (Lipinski definition) is 1. The van der Waals surface area contributed by atoms with E-state index in [2.05, 4.69) is 5.32 Å². The second kappa shape index (κ2) is 5.85. The quantitative estimate of drug-likeness (QED) is 0.665. The Labute approximate surface area is 114 Å². The highest BCUT2D eigenvalue weighted by Gasteiger charge is 2.25. The number of alkyl halides is 1. The topological polar surface area (TPSA) is 29.1 Å².